The minimum Gasteiger partial charge on any atom is -0.483 e. The number of rotatable bonds is 11. The fraction of sp³-hybridized carbons (Fsp3) is 0.355. The Morgan fingerprint density at radius 1 is 0.946 bits per heavy atom. The van der Waals surface area contributed by atoms with Gasteiger partial charge in [0, 0.05) is 25.1 Å². The maximum Gasteiger partial charge on any atom is 0.261 e. The Bertz CT molecular complexity index is 1170. The van der Waals surface area contributed by atoms with Crippen molar-refractivity contribution in [3.05, 3.63) is 101 Å². The van der Waals surface area contributed by atoms with Gasteiger partial charge in [-0.3, -0.25) is 9.59 Å². The summed E-state index contributed by atoms with van der Waals surface area (Å²) in [4.78, 5) is 28.5. The molecule has 0 saturated heterocycles. The monoisotopic (exact) mass is 504 g/mol. The molecule has 3 aromatic rings. The number of hydrogen-bond donors (Lipinski definition) is 1. The van der Waals surface area contributed by atoms with Crippen LogP contribution in [-0.4, -0.2) is 35.9 Å². The molecule has 196 valence electrons. The van der Waals surface area contributed by atoms with Crippen LogP contribution >= 0.6 is 0 Å². The van der Waals surface area contributed by atoms with E-state index in [1.165, 1.54) is 11.0 Å². The van der Waals surface area contributed by atoms with Gasteiger partial charge in [0.05, 0.1) is 0 Å². The van der Waals surface area contributed by atoms with Crippen molar-refractivity contribution in [1.29, 1.82) is 0 Å². The molecule has 3 aromatic carbocycles. The molecule has 0 saturated carbocycles. The van der Waals surface area contributed by atoms with Gasteiger partial charge in [0.1, 0.15) is 17.6 Å². The largest absolute Gasteiger partial charge is 0.483 e. The number of amides is 2. The van der Waals surface area contributed by atoms with Crippen LogP contribution in [0.3, 0.4) is 0 Å². The van der Waals surface area contributed by atoms with Crippen molar-refractivity contribution in [2.24, 2.45) is 0 Å². The lowest BCUT2D eigenvalue weighted by molar-refractivity contribution is -0.142. The van der Waals surface area contributed by atoms with Crippen molar-refractivity contribution < 1.29 is 18.7 Å². The Hall–Kier alpha value is -3.67. The highest BCUT2D eigenvalue weighted by atomic mass is 19.1. The molecule has 0 fully saturated rings. The lowest BCUT2D eigenvalue weighted by atomic mass is 9.86. The summed E-state index contributed by atoms with van der Waals surface area (Å²) in [5.41, 5.74) is 2.05. The molecular weight excluding hydrogens is 467 g/mol. The maximum absolute atomic E-state index is 14.7. The van der Waals surface area contributed by atoms with Crippen LogP contribution in [0.1, 0.15) is 50.8 Å². The van der Waals surface area contributed by atoms with Crippen molar-refractivity contribution in [1.82, 2.24) is 10.2 Å². The summed E-state index contributed by atoms with van der Waals surface area (Å²) in [5.74, 6) is -0.471. The van der Waals surface area contributed by atoms with Crippen LogP contribution in [0.4, 0.5) is 4.39 Å². The first-order chi connectivity index (χ1) is 17.7. The van der Waals surface area contributed by atoms with Crippen LogP contribution < -0.4 is 10.1 Å². The summed E-state index contributed by atoms with van der Waals surface area (Å²) < 4.78 is 20.7. The number of benzene rings is 3. The quantitative estimate of drug-likeness (QED) is 0.366. The Labute approximate surface area is 219 Å². The van der Waals surface area contributed by atoms with Gasteiger partial charge in [-0.15, -0.1) is 0 Å². The molecule has 0 aliphatic rings. The predicted molar refractivity (Wildman–Crippen MR) is 145 cm³/mol. The summed E-state index contributed by atoms with van der Waals surface area (Å²) in [6.45, 7) is 8.37. The lowest BCUT2D eigenvalue weighted by Gasteiger charge is -2.32. The highest BCUT2D eigenvalue weighted by Crippen LogP contribution is 2.31. The third-order valence-corrected chi connectivity index (χ3v) is 6.17. The average Bonchev–Trinajstić information content (AvgIpc) is 2.89. The molecule has 2 amide bonds. The van der Waals surface area contributed by atoms with Gasteiger partial charge in [-0.05, 0) is 35.1 Å². The minimum absolute atomic E-state index is 0.0488. The highest BCUT2D eigenvalue weighted by Gasteiger charge is 2.31. The van der Waals surface area contributed by atoms with Crippen LogP contribution in [-0.2, 0) is 28.0 Å². The first-order valence-corrected chi connectivity index (χ1v) is 12.8. The first-order valence-electron chi connectivity index (χ1n) is 12.8. The Morgan fingerprint density at radius 2 is 1.59 bits per heavy atom. The fourth-order valence-corrected chi connectivity index (χ4v) is 4.16. The van der Waals surface area contributed by atoms with Gasteiger partial charge in [-0.2, -0.15) is 0 Å². The number of carbonyl (C=O) groups excluding carboxylic acids is 2. The minimum atomic E-state index is -0.831. The fourth-order valence-electron chi connectivity index (χ4n) is 4.16. The number of carbonyl (C=O) groups is 2. The van der Waals surface area contributed by atoms with E-state index in [-0.39, 0.29) is 30.4 Å². The number of para-hydroxylation sites is 1. The molecule has 0 aromatic heterocycles. The molecule has 0 radical (unpaired) electrons. The topological polar surface area (TPSA) is 58.6 Å². The van der Waals surface area contributed by atoms with Crippen molar-refractivity contribution in [2.75, 3.05) is 13.2 Å². The summed E-state index contributed by atoms with van der Waals surface area (Å²) >= 11 is 0. The third kappa shape index (κ3) is 7.91. The summed E-state index contributed by atoms with van der Waals surface area (Å²) in [5, 5.41) is 2.92. The van der Waals surface area contributed by atoms with Gasteiger partial charge in [0.25, 0.3) is 5.91 Å². The summed E-state index contributed by atoms with van der Waals surface area (Å²) in [6, 6.07) is 22.6. The molecule has 0 aliphatic heterocycles. The van der Waals surface area contributed by atoms with Crippen LogP contribution in [0.15, 0.2) is 78.9 Å². The first kappa shape index (κ1) is 27.9. The molecule has 6 heteroatoms. The van der Waals surface area contributed by atoms with Gasteiger partial charge >= 0.3 is 0 Å². The summed E-state index contributed by atoms with van der Waals surface area (Å²) in [7, 11) is 0. The average molecular weight is 505 g/mol. The van der Waals surface area contributed by atoms with Gasteiger partial charge in [0.15, 0.2) is 6.61 Å². The van der Waals surface area contributed by atoms with E-state index in [0.29, 0.717) is 24.3 Å². The molecule has 0 aliphatic carbocycles. The highest BCUT2D eigenvalue weighted by molar-refractivity contribution is 5.88. The zero-order valence-electron chi connectivity index (χ0n) is 22.2. The van der Waals surface area contributed by atoms with E-state index >= 15 is 0 Å². The van der Waals surface area contributed by atoms with Gasteiger partial charge in [-0.1, -0.05) is 94.4 Å². The standard InChI is InChI=1S/C31H37FN2O3/c1-5-19-33-30(36)27(20-23-13-7-6-8-14-23)34(21-24-15-9-11-17-26(24)32)29(35)22-37-28-18-12-10-16-25(28)31(2,3)4/h6-18,27H,5,19-22H2,1-4H3,(H,33,36)/t27-/m1/s1. The number of nitrogens with one attached hydrogen (secondary N) is 1. The Balaban J connectivity index is 1.94. The number of halogens is 1. The van der Waals surface area contributed by atoms with Crippen molar-refractivity contribution in [3.8, 4) is 5.75 Å². The van der Waals surface area contributed by atoms with E-state index in [1.54, 1.807) is 18.2 Å². The molecule has 0 bridgehead atoms. The zero-order chi connectivity index (χ0) is 26.8. The molecule has 1 N–H and O–H groups in total. The zero-order valence-corrected chi connectivity index (χ0v) is 22.2. The molecule has 3 rings (SSSR count). The van der Waals surface area contributed by atoms with Crippen LogP contribution in [0.25, 0.3) is 0 Å². The third-order valence-electron chi connectivity index (χ3n) is 6.17. The number of hydrogen-bond acceptors (Lipinski definition) is 3. The lowest BCUT2D eigenvalue weighted by Crippen LogP contribution is -2.52. The van der Waals surface area contributed by atoms with Gasteiger partial charge in [-0.25, -0.2) is 4.39 Å². The predicted octanol–water partition coefficient (Wildman–Crippen LogP) is 5.67. The molecular formula is C31H37FN2O3. The Morgan fingerprint density at radius 3 is 2.27 bits per heavy atom. The normalized spacial score (nSPS) is 12.0. The molecule has 0 spiro atoms. The maximum atomic E-state index is 14.7. The second-order valence-electron chi connectivity index (χ2n) is 10.1. The van der Waals surface area contributed by atoms with E-state index in [0.717, 1.165) is 17.5 Å². The molecule has 1 atom stereocenters. The van der Waals surface area contributed by atoms with E-state index in [4.69, 9.17) is 4.74 Å². The number of nitrogens with zero attached hydrogens (tertiary/aromatic N) is 1. The van der Waals surface area contributed by atoms with E-state index in [2.05, 4.69) is 26.1 Å². The van der Waals surface area contributed by atoms with Crippen LogP contribution in [0, 0.1) is 5.82 Å². The molecule has 37 heavy (non-hydrogen) atoms. The van der Waals surface area contributed by atoms with Crippen LogP contribution in [0.2, 0.25) is 0 Å². The molecule has 5 nitrogen and oxygen atoms in total. The van der Waals surface area contributed by atoms with E-state index < -0.39 is 11.9 Å². The SMILES string of the molecule is CCCNC(=O)[C@@H](Cc1ccccc1)N(Cc1ccccc1F)C(=O)COc1ccccc1C(C)(C)C. The van der Waals surface area contributed by atoms with Crippen molar-refractivity contribution in [3.63, 3.8) is 0 Å². The Kier molecular flexibility index (Phi) is 9.84. The van der Waals surface area contributed by atoms with Crippen molar-refractivity contribution >= 4 is 11.8 Å². The van der Waals surface area contributed by atoms with E-state index in [1.807, 2.05) is 61.5 Å². The van der Waals surface area contributed by atoms with Gasteiger partial charge in [0.2, 0.25) is 5.91 Å². The molecule has 0 unspecified atom stereocenters. The summed E-state index contributed by atoms with van der Waals surface area (Å²) in [6.07, 6.45) is 1.06. The van der Waals surface area contributed by atoms with Crippen LogP contribution in [0.5, 0.6) is 5.75 Å². The second kappa shape index (κ2) is 13.0. The van der Waals surface area contributed by atoms with E-state index in [9.17, 15) is 14.0 Å². The van der Waals surface area contributed by atoms with Crippen molar-refractivity contribution in [2.45, 2.75) is 58.5 Å². The second-order valence-corrected chi connectivity index (χ2v) is 10.1. The smallest absolute Gasteiger partial charge is 0.261 e. The van der Waals surface area contributed by atoms with Gasteiger partial charge < -0.3 is 15.0 Å². The number of ether oxygens (including phenoxy) is 1. The molecule has 0 heterocycles.